The summed E-state index contributed by atoms with van der Waals surface area (Å²) in [6.07, 6.45) is 2.08. The van der Waals surface area contributed by atoms with E-state index in [0.29, 0.717) is 13.2 Å². The summed E-state index contributed by atoms with van der Waals surface area (Å²) in [6.45, 7) is 5.09. The summed E-state index contributed by atoms with van der Waals surface area (Å²) >= 11 is 0. The smallest absolute Gasteiger partial charge is 0.246 e. The number of rotatable bonds is 7. The van der Waals surface area contributed by atoms with Gasteiger partial charge in [0.05, 0.1) is 6.61 Å². The number of carbonyl (C=O) groups is 1. The predicted molar refractivity (Wildman–Crippen MR) is 52.4 cm³/mol. The molecule has 0 aliphatic rings. The van der Waals surface area contributed by atoms with E-state index < -0.39 is 0 Å². The maximum Gasteiger partial charge on any atom is 0.246 e. The summed E-state index contributed by atoms with van der Waals surface area (Å²) in [5, 5.41) is 2.83. The second kappa shape index (κ2) is 8.01. The third kappa shape index (κ3) is 7.74. The number of carbonyl (C=O) groups excluding carboxylic acids is 1. The Hall–Kier alpha value is -0.610. The Balaban J connectivity index is 3.38. The van der Waals surface area contributed by atoms with E-state index >= 15 is 0 Å². The lowest BCUT2D eigenvalue weighted by atomic mass is 10.2. The van der Waals surface area contributed by atoms with Gasteiger partial charge in [0.1, 0.15) is 6.61 Å². The fraction of sp³-hybridized carbons (Fsp3) is 0.889. The first-order valence-corrected chi connectivity index (χ1v) is 4.77. The minimum Gasteiger partial charge on any atom is -0.370 e. The summed E-state index contributed by atoms with van der Waals surface area (Å²) in [5.74, 6) is -0.0607. The molecule has 0 aliphatic heterocycles. The van der Waals surface area contributed by atoms with Crippen LogP contribution < -0.4 is 11.1 Å². The number of nitrogens with one attached hydrogen (secondary N) is 1. The minimum absolute atomic E-state index is 0.0607. The highest BCUT2D eigenvalue weighted by Gasteiger charge is 2.05. The summed E-state index contributed by atoms with van der Waals surface area (Å²) in [7, 11) is 0. The van der Waals surface area contributed by atoms with Crippen LogP contribution in [0.2, 0.25) is 0 Å². The Morgan fingerprint density at radius 3 is 2.85 bits per heavy atom. The molecule has 0 aromatic heterocycles. The molecule has 0 aromatic carbocycles. The molecule has 3 N–H and O–H groups in total. The lowest BCUT2D eigenvalue weighted by Crippen LogP contribution is -2.35. The van der Waals surface area contributed by atoms with E-state index in [4.69, 9.17) is 10.5 Å². The summed E-state index contributed by atoms with van der Waals surface area (Å²) < 4.78 is 4.99. The third-order valence-corrected chi connectivity index (χ3v) is 1.62. The van der Waals surface area contributed by atoms with Crippen LogP contribution in [0.3, 0.4) is 0 Å². The van der Waals surface area contributed by atoms with Gasteiger partial charge in [-0.3, -0.25) is 4.79 Å². The van der Waals surface area contributed by atoms with Crippen LogP contribution in [0.15, 0.2) is 0 Å². The first-order chi connectivity index (χ1) is 6.20. The van der Waals surface area contributed by atoms with E-state index in [-0.39, 0.29) is 18.6 Å². The Bertz CT molecular complexity index is 140. The van der Waals surface area contributed by atoms with Gasteiger partial charge in [-0.05, 0) is 13.3 Å². The molecule has 0 saturated carbocycles. The number of nitrogens with two attached hydrogens (primary N) is 1. The number of hydrogen-bond donors (Lipinski definition) is 2. The maximum atomic E-state index is 11.1. The zero-order valence-electron chi connectivity index (χ0n) is 8.51. The van der Waals surface area contributed by atoms with Crippen LogP contribution in [0, 0.1) is 0 Å². The molecule has 0 aromatic rings. The third-order valence-electron chi connectivity index (χ3n) is 1.62. The standard InChI is InChI=1S/C9H20N2O2/c1-3-4-8(2)11-9(12)7-13-6-5-10/h8H,3-7,10H2,1-2H3,(H,11,12). The number of hydrogen-bond acceptors (Lipinski definition) is 3. The van der Waals surface area contributed by atoms with Gasteiger partial charge in [-0.1, -0.05) is 13.3 Å². The molecular weight excluding hydrogens is 168 g/mol. The van der Waals surface area contributed by atoms with E-state index in [9.17, 15) is 4.79 Å². The Morgan fingerprint density at radius 2 is 2.31 bits per heavy atom. The van der Waals surface area contributed by atoms with Crippen molar-refractivity contribution in [2.45, 2.75) is 32.7 Å². The summed E-state index contributed by atoms with van der Waals surface area (Å²) in [6, 6.07) is 0.235. The fourth-order valence-electron chi connectivity index (χ4n) is 1.07. The molecule has 0 radical (unpaired) electrons. The average molecular weight is 188 g/mol. The molecule has 0 aliphatic carbocycles. The van der Waals surface area contributed by atoms with E-state index in [2.05, 4.69) is 12.2 Å². The number of ether oxygens (including phenoxy) is 1. The van der Waals surface area contributed by atoms with Gasteiger partial charge in [0, 0.05) is 12.6 Å². The van der Waals surface area contributed by atoms with Crippen LogP contribution >= 0.6 is 0 Å². The highest BCUT2D eigenvalue weighted by atomic mass is 16.5. The van der Waals surface area contributed by atoms with Crippen molar-refractivity contribution in [1.29, 1.82) is 0 Å². The second-order valence-electron chi connectivity index (χ2n) is 3.10. The van der Waals surface area contributed by atoms with E-state index in [1.54, 1.807) is 0 Å². The van der Waals surface area contributed by atoms with Crippen LogP contribution in [-0.2, 0) is 9.53 Å². The average Bonchev–Trinajstić information content (AvgIpc) is 2.05. The Morgan fingerprint density at radius 1 is 1.62 bits per heavy atom. The monoisotopic (exact) mass is 188 g/mol. The van der Waals surface area contributed by atoms with Crippen molar-refractivity contribution < 1.29 is 9.53 Å². The van der Waals surface area contributed by atoms with E-state index in [1.807, 2.05) is 6.92 Å². The largest absolute Gasteiger partial charge is 0.370 e. The van der Waals surface area contributed by atoms with Crippen LogP contribution in [0.25, 0.3) is 0 Å². The summed E-state index contributed by atoms with van der Waals surface area (Å²) in [4.78, 5) is 11.1. The van der Waals surface area contributed by atoms with Gasteiger partial charge in [-0.25, -0.2) is 0 Å². The predicted octanol–water partition coefficient (Wildman–Crippen LogP) is 0.267. The van der Waals surface area contributed by atoms with Crippen molar-refractivity contribution in [1.82, 2.24) is 5.32 Å². The van der Waals surface area contributed by atoms with Gasteiger partial charge in [-0.2, -0.15) is 0 Å². The molecule has 1 amide bonds. The minimum atomic E-state index is -0.0607. The van der Waals surface area contributed by atoms with Crippen LogP contribution in [-0.4, -0.2) is 31.7 Å². The number of amides is 1. The van der Waals surface area contributed by atoms with Crippen LogP contribution in [0.4, 0.5) is 0 Å². The van der Waals surface area contributed by atoms with Crippen LogP contribution in [0.1, 0.15) is 26.7 Å². The van der Waals surface area contributed by atoms with Crippen molar-refractivity contribution in [3.8, 4) is 0 Å². The SMILES string of the molecule is CCCC(C)NC(=O)COCCN. The fourth-order valence-corrected chi connectivity index (χ4v) is 1.07. The first-order valence-electron chi connectivity index (χ1n) is 4.77. The second-order valence-corrected chi connectivity index (χ2v) is 3.10. The van der Waals surface area contributed by atoms with Gasteiger partial charge < -0.3 is 15.8 Å². The molecule has 0 fully saturated rings. The van der Waals surface area contributed by atoms with Gasteiger partial charge in [-0.15, -0.1) is 0 Å². The normalized spacial score (nSPS) is 12.5. The van der Waals surface area contributed by atoms with E-state index in [0.717, 1.165) is 12.8 Å². The topological polar surface area (TPSA) is 64.3 Å². The lowest BCUT2D eigenvalue weighted by molar-refractivity contribution is -0.126. The Labute approximate surface area is 79.8 Å². The zero-order valence-corrected chi connectivity index (χ0v) is 8.51. The summed E-state index contributed by atoms with van der Waals surface area (Å²) in [5.41, 5.74) is 5.21. The van der Waals surface area contributed by atoms with Gasteiger partial charge in [0.25, 0.3) is 0 Å². The molecular formula is C9H20N2O2. The molecule has 0 spiro atoms. The van der Waals surface area contributed by atoms with Crippen molar-refractivity contribution in [3.05, 3.63) is 0 Å². The lowest BCUT2D eigenvalue weighted by Gasteiger charge is -2.12. The molecule has 4 heteroatoms. The maximum absolute atomic E-state index is 11.1. The van der Waals surface area contributed by atoms with E-state index in [1.165, 1.54) is 0 Å². The highest BCUT2D eigenvalue weighted by Crippen LogP contribution is 1.94. The van der Waals surface area contributed by atoms with Crippen molar-refractivity contribution in [3.63, 3.8) is 0 Å². The van der Waals surface area contributed by atoms with Crippen molar-refractivity contribution in [2.24, 2.45) is 5.73 Å². The van der Waals surface area contributed by atoms with Gasteiger partial charge in [0.2, 0.25) is 5.91 Å². The molecule has 0 saturated heterocycles. The van der Waals surface area contributed by atoms with Crippen molar-refractivity contribution >= 4 is 5.91 Å². The quantitative estimate of drug-likeness (QED) is 0.563. The Kier molecular flexibility index (Phi) is 7.63. The highest BCUT2D eigenvalue weighted by molar-refractivity contribution is 5.77. The van der Waals surface area contributed by atoms with Crippen LogP contribution in [0.5, 0.6) is 0 Å². The molecule has 13 heavy (non-hydrogen) atoms. The molecule has 0 heterocycles. The molecule has 0 bridgehead atoms. The molecule has 1 atom stereocenters. The zero-order chi connectivity index (χ0) is 10.1. The first kappa shape index (κ1) is 12.4. The molecule has 78 valence electrons. The molecule has 1 unspecified atom stereocenters. The van der Waals surface area contributed by atoms with Crippen molar-refractivity contribution in [2.75, 3.05) is 19.8 Å². The van der Waals surface area contributed by atoms with Gasteiger partial charge in [0.15, 0.2) is 0 Å². The molecule has 0 rings (SSSR count). The molecule has 4 nitrogen and oxygen atoms in total. The van der Waals surface area contributed by atoms with Gasteiger partial charge >= 0.3 is 0 Å².